The molecule has 1 fully saturated rings. The monoisotopic (exact) mass is 316 g/mol. The van der Waals surface area contributed by atoms with E-state index in [9.17, 15) is 9.90 Å². The molecule has 4 nitrogen and oxygen atoms in total. The Morgan fingerprint density at radius 3 is 2.82 bits per heavy atom. The van der Waals surface area contributed by atoms with E-state index in [1.165, 1.54) is 0 Å². The molecule has 0 amide bonds. The largest absolute Gasteiger partial charge is 0.480 e. The van der Waals surface area contributed by atoms with Gasteiger partial charge in [0.05, 0.1) is 6.04 Å². The van der Waals surface area contributed by atoms with Crippen LogP contribution in [0, 0.1) is 0 Å². The molecule has 1 aliphatic rings. The molecule has 2 unspecified atom stereocenters. The Labute approximate surface area is 134 Å². The Hall–Kier alpha value is -1.91. The molecule has 1 aromatic heterocycles. The quantitative estimate of drug-likeness (QED) is 0.939. The lowest BCUT2D eigenvalue weighted by atomic mass is 9.97. The van der Waals surface area contributed by atoms with E-state index >= 15 is 0 Å². The zero-order chi connectivity index (χ0) is 15.5. The topological polar surface area (TPSA) is 53.4 Å². The Balaban J connectivity index is 2.08. The standard InChI is InChI=1S/C17H17ClN2O2/c18-14-7-2-1-6-13(14)16(12-5-3-9-19-11-12)20-10-4-8-15(20)17(21)22/h1-3,5-7,9,11,15-16H,4,8,10H2,(H,21,22). The van der Waals surface area contributed by atoms with Gasteiger partial charge in [0.15, 0.2) is 0 Å². The number of aromatic nitrogens is 1. The third-order valence-electron chi connectivity index (χ3n) is 4.11. The van der Waals surface area contributed by atoms with Crippen molar-refractivity contribution in [3.8, 4) is 0 Å². The summed E-state index contributed by atoms with van der Waals surface area (Å²) in [4.78, 5) is 17.8. The number of likely N-dealkylation sites (tertiary alicyclic amines) is 1. The van der Waals surface area contributed by atoms with Crippen LogP contribution in [0.1, 0.15) is 30.0 Å². The molecular weight excluding hydrogens is 300 g/mol. The maximum atomic E-state index is 11.6. The van der Waals surface area contributed by atoms with Crippen molar-refractivity contribution in [3.63, 3.8) is 0 Å². The third kappa shape index (κ3) is 2.85. The van der Waals surface area contributed by atoms with Crippen LogP contribution in [0.15, 0.2) is 48.8 Å². The van der Waals surface area contributed by atoms with Crippen molar-refractivity contribution >= 4 is 17.6 Å². The molecule has 2 aromatic rings. The Morgan fingerprint density at radius 2 is 2.14 bits per heavy atom. The summed E-state index contributed by atoms with van der Waals surface area (Å²) in [6, 6.07) is 10.8. The maximum absolute atomic E-state index is 11.6. The van der Waals surface area contributed by atoms with Crippen molar-refractivity contribution in [2.45, 2.75) is 24.9 Å². The van der Waals surface area contributed by atoms with E-state index in [1.807, 2.05) is 41.3 Å². The summed E-state index contributed by atoms with van der Waals surface area (Å²) in [6.45, 7) is 0.738. The highest BCUT2D eigenvalue weighted by atomic mass is 35.5. The molecule has 1 saturated heterocycles. The van der Waals surface area contributed by atoms with Crippen LogP contribution >= 0.6 is 11.6 Å². The molecule has 0 bridgehead atoms. The number of rotatable bonds is 4. The number of hydrogen-bond donors (Lipinski definition) is 1. The Morgan fingerprint density at radius 1 is 1.32 bits per heavy atom. The van der Waals surface area contributed by atoms with E-state index in [0.29, 0.717) is 11.4 Å². The number of halogens is 1. The molecule has 2 atom stereocenters. The van der Waals surface area contributed by atoms with Crippen molar-refractivity contribution in [2.75, 3.05) is 6.54 Å². The van der Waals surface area contributed by atoms with Crippen LogP contribution < -0.4 is 0 Å². The van der Waals surface area contributed by atoms with Gasteiger partial charge in [-0.1, -0.05) is 35.9 Å². The normalized spacial score (nSPS) is 20.0. The average molecular weight is 317 g/mol. The number of hydrogen-bond acceptors (Lipinski definition) is 3. The number of nitrogens with zero attached hydrogens (tertiary/aromatic N) is 2. The summed E-state index contributed by atoms with van der Waals surface area (Å²) in [5.74, 6) is -0.779. The fourth-order valence-electron chi connectivity index (χ4n) is 3.15. The second-order valence-electron chi connectivity index (χ2n) is 5.44. The van der Waals surface area contributed by atoms with Crippen LogP contribution in [0.5, 0.6) is 0 Å². The molecule has 22 heavy (non-hydrogen) atoms. The third-order valence-corrected chi connectivity index (χ3v) is 4.46. The summed E-state index contributed by atoms with van der Waals surface area (Å²) in [5.41, 5.74) is 1.88. The number of carboxylic acids is 1. The van der Waals surface area contributed by atoms with Gasteiger partial charge in [0.2, 0.25) is 0 Å². The first-order valence-corrected chi connectivity index (χ1v) is 7.69. The number of pyridine rings is 1. The van der Waals surface area contributed by atoms with E-state index in [2.05, 4.69) is 4.98 Å². The Kier molecular flexibility index (Phi) is 4.41. The van der Waals surface area contributed by atoms with Crippen LogP contribution in [0.2, 0.25) is 5.02 Å². The molecule has 1 N–H and O–H groups in total. The van der Waals surface area contributed by atoms with Crippen molar-refractivity contribution in [1.29, 1.82) is 0 Å². The summed E-state index contributed by atoms with van der Waals surface area (Å²) < 4.78 is 0. The average Bonchev–Trinajstić information content (AvgIpc) is 3.00. The van der Waals surface area contributed by atoms with Gasteiger partial charge in [-0.25, -0.2) is 0 Å². The van der Waals surface area contributed by atoms with E-state index in [1.54, 1.807) is 12.4 Å². The highest BCUT2D eigenvalue weighted by Gasteiger charge is 2.37. The number of carboxylic acid groups (broad SMARTS) is 1. The fraction of sp³-hybridized carbons (Fsp3) is 0.294. The molecule has 0 spiro atoms. The van der Waals surface area contributed by atoms with Gasteiger partial charge < -0.3 is 5.11 Å². The molecule has 3 rings (SSSR count). The van der Waals surface area contributed by atoms with Gasteiger partial charge in [-0.2, -0.15) is 0 Å². The minimum absolute atomic E-state index is 0.189. The zero-order valence-corrected chi connectivity index (χ0v) is 12.8. The van der Waals surface area contributed by atoms with E-state index < -0.39 is 12.0 Å². The fourth-order valence-corrected chi connectivity index (χ4v) is 3.39. The second kappa shape index (κ2) is 6.46. The minimum atomic E-state index is -0.779. The van der Waals surface area contributed by atoms with Gasteiger partial charge in [-0.15, -0.1) is 0 Å². The van der Waals surface area contributed by atoms with Gasteiger partial charge >= 0.3 is 5.97 Å². The van der Waals surface area contributed by atoms with Gasteiger partial charge in [0.25, 0.3) is 0 Å². The number of aliphatic carboxylic acids is 1. The van der Waals surface area contributed by atoms with E-state index in [-0.39, 0.29) is 6.04 Å². The predicted octanol–water partition coefficient (Wildman–Crippen LogP) is 3.37. The lowest BCUT2D eigenvalue weighted by Crippen LogP contribution is -2.39. The second-order valence-corrected chi connectivity index (χ2v) is 5.85. The predicted molar refractivity (Wildman–Crippen MR) is 84.9 cm³/mol. The first-order chi connectivity index (χ1) is 10.7. The summed E-state index contributed by atoms with van der Waals surface area (Å²) in [6.07, 6.45) is 5.03. The lowest BCUT2D eigenvalue weighted by molar-refractivity contribution is -0.142. The molecule has 0 saturated carbocycles. The van der Waals surface area contributed by atoms with Gasteiger partial charge in [-0.3, -0.25) is 14.7 Å². The molecule has 0 radical (unpaired) electrons. The van der Waals surface area contributed by atoms with Crippen LogP contribution in [-0.2, 0) is 4.79 Å². The van der Waals surface area contributed by atoms with Gasteiger partial charge in [0, 0.05) is 24.0 Å². The molecule has 0 aliphatic carbocycles. The summed E-state index contributed by atoms with van der Waals surface area (Å²) >= 11 is 6.38. The first-order valence-electron chi connectivity index (χ1n) is 7.31. The maximum Gasteiger partial charge on any atom is 0.320 e. The Bertz CT molecular complexity index is 663. The molecular formula is C17H17ClN2O2. The van der Waals surface area contributed by atoms with Crippen molar-refractivity contribution in [2.24, 2.45) is 0 Å². The van der Waals surface area contributed by atoms with Gasteiger partial charge in [0.1, 0.15) is 6.04 Å². The molecule has 1 aliphatic heterocycles. The molecule has 1 aromatic carbocycles. The van der Waals surface area contributed by atoms with Crippen molar-refractivity contribution < 1.29 is 9.90 Å². The number of carbonyl (C=O) groups is 1. The van der Waals surface area contributed by atoms with Crippen molar-refractivity contribution in [1.82, 2.24) is 9.88 Å². The van der Waals surface area contributed by atoms with Crippen LogP contribution in [-0.4, -0.2) is 33.5 Å². The molecule has 5 heteroatoms. The summed E-state index contributed by atoms with van der Waals surface area (Å²) in [7, 11) is 0. The van der Waals surface area contributed by atoms with Crippen LogP contribution in [0.3, 0.4) is 0 Å². The summed E-state index contributed by atoms with van der Waals surface area (Å²) in [5, 5.41) is 10.2. The van der Waals surface area contributed by atoms with Crippen LogP contribution in [0.4, 0.5) is 0 Å². The first kappa shape index (κ1) is 15.0. The highest BCUT2D eigenvalue weighted by Crippen LogP contribution is 2.37. The molecule has 2 heterocycles. The van der Waals surface area contributed by atoms with Gasteiger partial charge in [-0.05, 0) is 36.1 Å². The SMILES string of the molecule is O=C(O)C1CCCN1C(c1cccnc1)c1ccccc1Cl. The molecule has 114 valence electrons. The highest BCUT2D eigenvalue weighted by molar-refractivity contribution is 6.31. The van der Waals surface area contributed by atoms with E-state index in [4.69, 9.17) is 11.6 Å². The smallest absolute Gasteiger partial charge is 0.320 e. The lowest BCUT2D eigenvalue weighted by Gasteiger charge is -2.32. The van der Waals surface area contributed by atoms with Crippen LogP contribution in [0.25, 0.3) is 0 Å². The van der Waals surface area contributed by atoms with E-state index in [0.717, 1.165) is 24.1 Å². The minimum Gasteiger partial charge on any atom is -0.480 e. The number of benzene rings is 1. The zero-order valence-electron chi connectivity index (χ0n) is 12.0. The van der Waals surface area contributed by atoms with Crippen molar-refractivity contribution in [3.05, 3.63) is 64.9 Å².